The zero-order chi connectivity index (χ0) is 18.8. The van der Waals surface area contributed by atoms with Gasteiger partial charge in [0.2, 0.25) is 5.91 Å². The molecule has 1 amide bonds. The molecule has 0 atom stereocenters. The number of benzene rings is 2. The Balaban J connectivity index is 1.65. The number of nitrogens with one attached hydrogen (secondary N) is 1. The predicted molar refractivity (Wildman–Crippen MR) is 105 cm³/mol. The summed E-state index contributed by atoms with van der Waals surface area (Å²) in [6, 6.07) is 13.4. The second-order valence-corrected chi connectivity index (χ2v) is 6.53. The first-order valence-corrected chi connectivity index (χ1v) is 9.28. The molecule has 0 fully saturated rings. The van der Waals surface area contributed by atoms with E-state index in [1.807, 2.05) is 42.5 Å². The zero-order valence-electron chi connectivity index (χ0n) is 15.1. The molecular weight excluding hydrogens is 398 g/mol. The normalized spacial score (nSPS) is 10.3. The molecular formula is C20H24BrNO4. The molecule has 0 aliphatic carbocycles. The fourth-order valence-electron chi connectivity index (χ4n) is 2.45. The zero-order valence-corrected chi connectivity index (χ0v) is 16.7. The lowest BCUT2D eigenvalue weighted by molar-refractivity contribution is -0.121. The van der Waals surface area contributed by atoms with E-state index >= 15 is 0 Å². The van der Waals surface area contributed by atoms with Crippen molar-refractivity contribution in [1.29, 1.82) is 0 Å². The molecule has 2 aromatic rings. The highest BCUT2D eigenvalue weighted by molar-refractivity contribution is 9.10. The molecule has 0 unspecified atom stereocenters. The fraction of sp³-hybridized carbons (Fsp3) is 0.350. The first-order valence-electron chi connectivity index (χ1n) is 8.49. The van der Waals surface area contributed by atoms with Crippen molar-refractivity contribution in [2.75, 3.05) is 27.4 Å². The summed E-state index contributed by atoms with van der Waals surface area (Å²) in [5.74, 6) is 2.22. The fourth-order valence-corrected chi connectivity index (χ4v) is 2.85. The average Bonchev–Trinajstić information content (AvgIpc) is 2.66. The number of para-hydroxylation sites is 1. The number of amides is 1. The first kappa shape index (κ1) is 20.1. The van der Waals surface area contributed by atoms with Crippen molar-refractivity contribution in [3.8, 4) is 17.2 Å². The number of carbonyl (C=O) groups excluding carboxylic acids is 1. The van der Waals surface area contributed by atoms with Crippen molar-refractivity contribution in [3.05, 3.63) is 52.5 Å². The summed E-state index contributed by atoms with van der Waals surface area (Å²) in [7, 11) is 3.22. The van der Waals surface area contributed by atoms with Crippen LogP contribution < -0.4 is 19.5 Å². The molecule has 6 heteroatoms. The average molecular weight is 422 g/mol. The van der Waals surface area contributed by atoms with Crippen molar-refractivity contribution in [3.63, 3.8) is 0 Å². The Kier molecular flexibility index (Phi) is 8.28. The Hall–Kier alpha value is -2.21. The standard InChI is InChI=1S/C20H24BrNO4/c1-24-18-10-9-15(14-19(18)25-2)11-12-22-20(23)8-5-13-26-17-7-4-3-6-16(17)21/h3-4,6-7,9-10,14H,5,8,11-13H2,1-2H3,(H,22,23). The van der Waals surface area contributed by atoms with Crippen LogP contribution in [0.1, 0.15) is 18.4 Å². The Bertz CT molecular complexity index is 721. The van der Waals surface area contributed by atoms with E-state index in [2.05, 4.69) is 21.2 Å². The van der Waals surface area contributed by atoms with Crippen LogP contribution in [-0.2, 0) is 11.2 Å². The van der Waals surface area contributed by atoms with Gasteiger partial charge in [0.25, 0.3) is 0 Å². The first-order chi connectivity index (χ1) is 12.6. The molecule has 2 rings (SSSR count). The molecule has 0 aromatic heterocycles. The lowest BCUT2D eigenvalue weighted by Crippen LogP contribution is -2.25. The van der Waals surface area contributed by atoms with E-state index in [1.54, 1.807) is 14.2 Å². The van der Waals surface area contributed by atoms with Gasteiger partial charge in [0.1, 0.15) is 5.75 Å². The number of ether oxygens (including phenoxy) is 3. The maximum Gasteiger partial charge on any atom is 0.220 e. The maximum absolute atomic E-state index is 11.9. The lowest BCUT2D eigenvalue weighted by Gasteiger charge is -2.10. The maximum atomic E-state index is 11.9. The van der Waals surface area contributed by atoms with Gasteiger partial charge in [-0.1, -0.05) is 18.2 Å². The number of rotatable bonds is 10. The predicted octanol–water partition coefficient (Wildman–Crippen LogP) is 3.98. The van der Waals surface area contributed by atoms with E-state index in [4.69, 9.17) is 14.2 Å². The molecule has 0 bridgehead atoms. The largest absolute Gasteiger partial charge is 0.493 e. The van der Waals surface area contributed by atoms with E-state index in [0.717, 1.165) is 22.2 Å². The number of hydrogen-bond donors (Lipinski definition) is 1. The van der Waals surface area contributed by atoms with Crippen LogP contribution in [0.15, 0.2) is 46.9 Å². The molecule has 1 N–H and O–H groups in total. The van der Waals surface area contributed by atoms with Crippen LogP contribution >= 0.6 is 15.9 Å². The summed E-state index contributed by atoms with van der Waals surface area (Å²) in [4.78, 5) is 11.9. The van der Waals surface area contributed by atoms with E-state index in [-0.39, 0.29) is 5.91 Å². The van der Waals surface area contributed by atoms with Crippen LogP contribution in [-0.4, -0.2) is 33.3 Å². The molecule has 0 heterocycles. The molecule has 0 saturated heterocycles. The third-order valence-corrected chi connectivity index (χ3v) is 4.48. The third kappa shape index (κ3) is 6.26. The van der Waals surface area contributed by atoms with Gasteiger partial charge in [-0.05, 0) is 58.6 Å². The van der Waals surface area contributed by atoms with E-state index in [1.165, 1.54) is 0 Å². The van der Waals surface area contributed by atoms with Gasteiger partial charge in [-0.25, -0.2) is 0 Å². The number of methoxy groups -OCH3 is 2. The van der Waals surface area contributed by atoms with Crippen molar-refractivity contribution >= 4 is 21.8 Å². The molecule has 0 radical (unpaired) electrons. The van der Waals surface area contributed by atoms with Crippen LogP contribution in [0.4, 0.5) is 0 Å². The number of carbonyl (C=O) groups is 1. The summed E-state index contributed by atoms with van der Waals surface area (Å²) in [5, 5.41) is 2.93. The Morgan fingerprint density at radius 3 is 2.54 bits per heavy atom. The summed E-state index contributed by atoms with van der Waals surface area (Å²) in [6.07, 6.45) is 1.85. The summed E-state index contributed by atoms with van der Waals surface area (Å²) in [5.41, 5.74) is 1.08. The molecule has 2 aromatic carbocycles. The third-order valence-electron chi connectivity index (χ3n) is 3.83. The Morgan fingerprint density at radius 2 is 1.81 bits per heavy atom. The minimum absolute atomic E-state index is 0.0289. The van der Waals surface area contributed by atoms with Gasteiger partial charge in [0, 0.05) is 13.0 Å². The smallest absolute Gasteiger partial charge is 0.220 e. The van der Waals surface area contributed by atoms with E-state index < -0.39 is 0 Å². The second kappa shape index (κ2) is 10.7. The van der Waals surface area contributed by atoms with Crippen LogP contribution in [0.5, 0.6) is 17.2 Å². The van der Waals surface area contributed by atoms with Crippen molar-refractivity contribution in [2.24, 2.45) is 0 Å². The molecule has 0 spiro atoms. The minimum atomic E-state index is 0.0289. The van der Waals surface area contributed by atoms with Crippen LogP contribution in [0.25, 0.3) is 0 Å². The van der Waals surface area contributed by atoms with Crippen molar-refractivity contribution in [1.82, 2.24) is 5.32 Å². The molecule has 140 valence electrons. The minimum Gasteiger partial charge on any atom is -0.493 e. The van der Waals surface area contributed by atoms with Gasteiger partial charge in [0.15, 0.2) is 11.5 Å². The summed E-state index contributed by atoms with van der Waals surface area (Å²) < 4.78 is 17.1. The van der Waals surface area contributed by atoms with Gasteiger partial charge < -0.3 is 19.5 Å². The van der Waals surface area contributed by atoms with Crippen molar-refractivity contribution < 1.29 is 19.0 Å². The molecule has 0 aliphatic heterocycles. The van der Waals surface area contributed by atoms with Gasteiger partial charge in [-0.3, -0.25) is 4.79 Å². The highest BCUT2D eigenvalue weighted by Gasteiger charge is 2.06. The highest BCUT2D eigenvalue weighted by atomic mass is 79.9. The van der Waals surface area contributed by atoms with Gasteiger partial charge in [-0.15, -0.1) is 0 Å². The van der Waals surface area contributed by atoms with Gasteiger partial charge >= 0.3 is 0 Å². The highest BCUT2D eigenvalue weighted by Crippen LogP contribution is 2.27. The van der Waals surface area contributed by atoms with Gasteiger partial charge in [-0.2, -0.15) is 0 Å². The number of halogens is 1. The van der Waals surface area contributed by atoms with Gasteiger partial charge in [0.05, 0.1) is 25.3 Å². The van der Waals surface area contributed by atoms with Crippen LogP contribution in [0, 0.1) is 0 Å². The number of hydrogen-bond acceptors (Lipinski definition) is 4. The Labute approximate surface area is 162 Å². The summed E-state index contributed by atoms with van der Waals surface area (Å²) in [6.45, 7) is 1.09. The topological polar surface area (TPSA) is 56.8 Å². The SMILES string of the molecule is COc1ccc(CCNC(=O)CCCOc2ccccc2Br)cc1OC. The Morgan fingerprint density at radius 1 is 1.04 bits per heavy atom. The quantitative estimate of drug-likeness (QED) is 0.589. The molecule has 0 saturated carbocycles. The summed E-state index contributed by atoms with van der Waals surface area (Å²) >= 11 is 3.43. The monoisotopic (exact) mass is 421 g/mol. The van der Waals surface area contributed by atoms with E-state index in [9.17, 15) is 4.79 Å². The lowest BCUT2D eigenvalue weighted by atomic mass is 10.1. The second-order valence-electron chi connectivity index (χ2n) is 5.67. The molecule has 0 aliphatic rings. The van der Waals surface area contributed by atoms with Crippen molar-refractivity contribution in [2.45, 2.75) is 19.3 Å². The molecule has 5 nitrogen and oxygen atoms in total. The van der Waals surface area contributed by atoms with Crippen LogP contribution in [0.3, 0.4) is 0 Å². The van der Waals surface area contributed by atoms with E-state index in [0.29, 0.717) is 37.5 Å². The molecule has 26 heavy (non-hydrogen) atoms. The van der Waals surface area contributed by atoms with Crippen LogP contribution in [0.2, 0.25) is 0 Å².